The van der Waals surface area contributed by atoms with Crippen LogP contribution in [0.4, 0.5) is 5.69 Å². The van der Waals surface area contributed by atoms with E-state index in [1.807, 2.05) is 45.0 Å². The molecule has 1 N–H and O–H groups in total. The second-order valence-corrected chi connectivity index (χ2v) is 13.4. The maximum Gasteiger partial charge on any atom is 0.264 e. The Morgan fingerprint density at radius 1 is 0.950 bits per heavy atom. The molecule has 40 heavy (non-hydrogen) atoms. The molecule has 214 valence electrons. The van der Waals surface area contributed by atoms with Crippen LogP contribution in [0.1, 0.15) is 37.5 Å². The van der Waals surface area contributed by atoms with Crippen molar-refractivity contribution in [3.8, 4) is 0 Å². The molecule has 0 radical (unpaired) electrons. The highest BCUT2D eigenvalue weighted by Crippen LogP contribution is 2.31. The minimum absolute atomic E-state index is 0.0486. The summed E-state index contributed by atoms with van der Waals surface area (Å²) in [5.74, 6) is -0.607. The van der Waals surface area contributed by atoms with Gasteiger partial charge in [-0.3, -0.25) is 13.9 Å². The number of benzene rings is 3. The number of hydrogen-bond acceptors (Lipinski definition) is 4. The topological polar surface area (TPSA) is 86.8 Å². The Kier molecular flexibility index (Phi) is 10.8. The Morgan fingerprint density at radius 3 is 2.17 bits per heavy atom. The highest BCUT2D eigenvalue weighted by Gasteiger charge is 2.33. The van der Waals surface area contributed by atoms with E-state index in [1.54, 1.807) is 44.2 Å². The summed E-state index contributed by atoms with van der Waals surface area (Å²) in [6.07, 6.45) is 0. The summed E-state index contributed by atoms with van der Waals surface area (Å²) >= 11 is 9.79. The highest BCUT2D eigenvalue weighted by molar-refractivity contribution is 9.10. The predicted octanol–water partition coefficient (Wildman–Crippen LogP) is 6.10. The summed E-state index contributed by atoms with van der Waals surface area (Å²) in [5.41, 5.74) is 2.52. The molecular formula is C30H35BrClN3O4S. The van der Waals surface area contributed by atoms with Crippen molar-refractivity contribution in [2.24, 2.45) is 5.92 Å². The SMILES string of the molecule is Cc1ccc(S(=O)(=O)N(CC(=O)N(Cc2ccc(Br)cc2)[C@@H](C)C(=O)NCC(C)C)c2cccc(Cl)c2C)cc1. The largest absolute Gasteiger partial charge is 0.354 e. The molecule has 1 atom stereocenters. The molecule has 3 aromatic carbocycles. The van der Waals surface area contributed by atoms with E-state index in [4.69, 9.17) is 11.6 Å². The van der Waals surface area contributed by atoms with E-state index in [2.05, 4.69) is 21.2 Å². The van der Waals surface area contributed by atoms with E-state index in [-0.39, 0.29) is 23.3 Å². The first-order chi connectivity index (χ1) is 18.8. The van der Waals surface area contributed by atoms with Gasteiger partial charge in [0.05, 0.1) is 10.6 Å². The van der Waals surface area contributed by atoms with Gasteiger partial charge in [0, 0.05) is 22.6 Å². The highest BCUT2D eigenvalue weighted by atomic mass is 79.9. The van der Waals surface area contributed by atoms with Gasteiger partial charge in [0.1, 0.15) is 12.6 Å². The fraction of sp³-hybridized carbons (Fsp3) is 0.333. The molecule has 10 heteroatoms. The monoisotopic (exact) mass is 647 g/mol. The molecule has 7 nitrogen and oxygen atoms in total. The van der Waals surface area contributed by atoms with Crippen molar-refractivity contribution in [2.45, 2.75) is 52.1 Å². The van der Waals surface area contributed by atoms with Crippen molar-refractivity contribution in [1.82, 2.24) is 10.2 Å². The molecule has 0 heterocycles. The van der Waals surface area contributed by atoms with Crippen LogP contribution in [0.2, 0.25) is 5.02 Å². The van der Waals surface area contributed by atoms with Crippen LogP contribution in [0.15, 0.2) is 76.1 Å². The van der Waals surface area contributed by atoms with Gasteiger partial charge in [0.25, 0.3) is 10.0 Å². The minimum Gasteiger partial charge on any atom is -0.354 e. The van der Waals surface area contributed by atoms with Crippen LogP contribution in [0, 0.1) is 19.8 Å². The molecule has 0 bridgehead atoms. The Bertz CT molecular complexity index is 1440. The fourth-order valence-corrected chi connectivity index (χ4v) is 5.94. The molecular weight excluding hydrogens is 614 g/mol. The Morgan fingerprint density at radius 2 is 1.57 bits per heavy atom. The van der Waals surface area contributed by atoms with Gasteiger partial charge in [-0.2, -0.15) is 0 Å². The molecule has 0 aliphatic rings. The number of rotatable bonds is 11. The van der Waals surface area contributed by atoms with Gasteiger partial charge in [-0.25, -0.2) is 8.42 Å². The summed E-state index contributed by atoms with van der Waals surface area (Å²) in [4.78, 5) is 28.6. The first-order valence-corrected chi connectivity index (χ1v) is 15.6. The van der Waals surface area contributed by atoms with E-state index in [9.17, 15) is 18.0 Å². The van der Waals surface area contributed by atoms with Crippen molar-refractivity contribution < 1.29 is 18.0 Å². The zero-order valence-electron chi connectivity index (χ0n) is 23.3. The Hall–Kier alpha value is -2.88. The molecule has 0 aliphatic heterocycles. The molecule has 3 aromatic rings. The zero-order chi connectivity index (χ0) is 29.6. The molecule has 0 fully saturated rings. The van der Waals surface area contributed by atoms with Crippen LogP contribution < -0.4 is 9.62 Å². The normalized spacial score (nSPS) is 12.2. The molecule has 0 spiro atoms. The maximum atomic E-state index is 14.0. The summed E-state index contributed by atoms with van der Waals surface area (Å²) in [7, 11) is -4.16. The number of carbonyl (C=O) groups is 2. The fourth-order valence-electron chi connectivity index (χ4n) is 4.04. The first-order valence-electron chi connectivity index (χ1n) is 13.0. The summed E-state index contributed by atoms with van der Waals surface area (Å²) in [6, 6.07) is 17.9. The molecule has 0 aromatic heterocycles. The lowest BCUT2D eigenvalue weighted by atomic mass is 10.1. The van der Waals surface area contributed by atoms with Crippen molar-refractivity contribution >= 4 is 55.1 Å². The molecule has 0 unspecified atom stereocenters. The molecule has 2 amide bonds. The van der Waals surface area contributed by atoms with Crippen LogP contribution in [-0.2, 0) is 26.2 Å². The van der Waals surface area contributed by atoms with Crippen LogP contribution in [0.25, 0.3) is 0 Å². The lowest BCUT2D eigenvalue weighted by Gasteiger charge is -2.32. The van der Waals surface area contributed by atoms with Gasteiger partial charge < -0.3 is 10.2 Å². The number of sulfonamides is 1. The van der Waals surface area contributed by atoms with Crippen molar-refractivity contribution in [1.29, 1.82) is 0 Å². The minimum atomic E-state index is -4.16. The van der Waals surface area contributed by atoms with Crippen molar-refractivity contribution in [3.05, 3.63) is 92.9 Å². The smallest absolute Gasteiger partial charge is 0.264 e. The van der Waals surface area contributed by atoms with Gasteiger partial charge in [-0.1, -0.05) is 77.3 Å². The van der Waals surface area contributed by atoms with Gasteiger partial charge in [-0.15, -0.1) is 0 Å². The van der Waals surface area contributed by atoms with Crippen LogP contribution in [-0.4, -0.2) is 44.3 Å². The van der Waals surface area contributed by atoms with E-state index in [0.29, 0.717) is 22.8 Å². The second kappa shape index (κ2) is 13.7. The predicted molar refractivity (Wildman–Crippen MR) is 164 cm³/mol. The van der Waals surface area contributed by atoms with Crippen LogP contribution in [0.5, 0.6) is 0 Å². The maximum absolute atomic E-state index is 14.0. The second-order valence-electron chi connectivity index (χ2n) is 10.2. The number of anilines is 1. The Balaban J connectivity index is 2.05. The average molecular weight is 649 g/mol. The van der Waals surface area contributed by atoms with E-state index in [1.165, 1.54) is 17.0 Å². The third-order valence-corrected chi connectivity index (χ3v) is 9.23. The van der Waals surface area contributed by atoms with E-state index < -0.39 is 28.5 Å². The summed E-state index contributed by atoms with van der Waals surface area (Å²) < 4.78 is 29.9. The zero-order valence-corrected chi connectivity index (χ0v) is 26.5. The quantitative estimate of drug-likeness (QED) is 0.272. The van der Waals surface area contributed by atoms with Gasteiger partial charge >= 0.3 is 0 Å². The number of halogens is 2. The number of hydrogen-bond donors (Lipinski definition) is 1. The number of nitrogens with zero attached hydrogens (tertiary/aromatic N) is 2. The van der Waals surface area contributed by atoms with Gasteiger partial charge in [0.2, 0.25) is 11.8 Å². The molecule has 0 aliphatic carbocycles. The molecule has 3 rings (SSSR count). The summed E-state index contributed by atoms with van der Waals surface area (Å²) in [6.45, 7) is 9.25. The van der Waals surface area contributed by atoms with Gasteiger partial charge in [-0.05, 0) is 74.2 Å². The lowest BCUT2D eigenvalue weighted by Crippen LogP contribution is -2.51. The van der Waals surface area contributed by atoms with E-state index in [0.717, 1.165) is 19.9 Å². The number of carbonyl (C=O) groups excluding carboxylic acids is 2. The third kappa shape index (κ3) is 7.86. The number of aryl methyl sites for hydroxylation is 1. The number of nitrogens with one attached hydrogen (secondary N) is 1. The van der Waals surface area contributed by atoms with Crippen LogP contribution in [0.3, 0.4) is 0 Å². The van der Waals surface area contributed by atoms with Crippen LogP contribution >= 0.6 is 27.5 Å². The van der Waals surface area contributed by atoms with Crippen molar-refractivity contribution in [2.75, 3.05) is 17.4 Å². The Labute approximate surface area is 250 Å². The van der Waals surface area contributed by atoms with Crippen molar-refractivity contribution in [3.63, 3.8) is 0 Å². The average Bonchev–Trinajstić information content (AvgIpc) is 2.91. The lowest BCUT2D eigenvalue weighted by molar-refractivity contribution is -0.139. The molecule has 0 saturated carbocycles. The van der Waals surface area contributed by atoms with E-state index >= 15 is 0 Å². The standard InChI is InChI=1S/C30H35BrClN3O4S/c1-20(2)17-33-30(37)23(5)34(18-24-11-13-25(31)14-12-24)29(36)19-35(28-8-6-7-27(32)22(28)4)40(38,39)26-15-9-21(3)10-16-26/h6-16,20,23H,17-19H2,1-5H3,(H,33,37)/t23-/m0/s1. The summed E-state index contributed by atoms with van der Waals surface area (Å²) in [5, 5.41) is 3.26. The number of amides is 2. The van der Waals surface area contributed by atoms with Gasteiger partial charge in [0.15, 0.2) is 0 Å². The molecule has 0 saturated heterocycles. The first kappa shape index (κ1) is 31.6. The third-order valence-electron chi connectivity index (χ3n) is 6.51.